The second-order valence-corrected chi connectivity index (χ2v) is 8.95. The largest absolute Gasteiger partial charge is 0.350 e. The molecular formula is C29H40N2O. The number of benzene rings is 1. The molecule has 172 valence electrons. The average Bonchev–Trinajstić information content (AvgIpc) is 2.79. The summed E-state index contributed by atoms with van der Waals surface area (Å²) in [5.41, 5.74) is 5.14. The van der Waals surface area contributed by atoms with Crippen LogP contribution in [-0.2, 0) is 11.2 Å². The summed E-state index contributed by atoms with van der Waals surface area (Å²) in [5.74, 6) is 0.504. The fourth-order valence-electron chi connectivity index (χ4n) is 3.74. The fraction of sp³-hybridized carbons (Fsp3) is 0.448. The highest BCUT2D eigenvalue weighted by Crippen LogP contribution is 2.24. The van der Waals surface area contributed by atoms with Crippen LogP contribution in [0.1, 0.15) is 88.8 Å². The van der Waals surface area contributed by atoms with Crippen molar-refractivity contribution in [1.82, 2.24) is 10.3 Å². The predicted octanol–water partition coefficient (Wildman–Crippen LogP) is 7.25. The number of nitrogens with one attached hydrogen (secondary N) is 1. The molecule has 1 aromatic heterocycles. The fourth-order valence-corrected chi connectivity index (χ4v) is 3.74. The average molecular weight is 433 g/mol. The monoisotopic (exact) mass is 432 g/mol. The van der Waals surface area contributed by atoms with Crippen molar-refractivity contribution in [2.75, 3.05) is 0 Å². The number of aromatic nitrogens is 1. The molecule has 0 aliphatic carbocycles. The van der Waals surface area contributed by atoms with Gasteiger partial charge in [-0.2, -0.15) is 0 Å². The summed E-state index contributed by atoms with van der Waals surface area (Å²) < 4.78 is 0. The number of amides is 1. The van der Waals surface area contributed by atoms with E-state index < -0.39 is 0 Å². The van der Waals surface area contributed by atoms with E-state index in [2.05, 4.69) is 74.4 Å². The van der Waals surface area contributed by atoms with Crippen molar-refractivity contribution < 1.29 is 4.79 Å². The van der Waals surface area contributed by atoms with Crippen LogP contribution < -0.4 is 5.32 Å². The normalized spacial score (nSPS) is 13.0. The van der Waals surface area contributed by atoms with Gasteiger partial charge in [0.15, 0.2) is 0 Å². The van der Waals surface area contributed by atoms with E-state index in [4.69, 9.17) is 0 Å². The first-order chi connectivity index (χ1) is 15.5. The first-order valence-electron chi connectivity index (χ1n) is 12.2. The lowest BCUT2D eigenvalue weighted by Crippen LogP contribution is -2.31. The van der Waals surface area contributed by atoms with Crippen LogP contribution in [0.5, 0.6) is 0 Å². The lowest BCUT2D eigenvalue weighted by molar-refractivity contribution is -0.117. The summed E-state index contributed by atoms with van der Waals surface area (Å²) in [6, 6.07) is 13.1. The van der Waals surface area contributed by atoms with Gasteiger partial charge in [-0.05, 0) is 73.3 Å². The molecule has 1 heterocycles. The second kappa shape index (κ2) is 14.4. The summed E-state index contributed by atoms with van der Waals surface area (Å²) in [6.45, 7) is 8.72. The number of aryl methyl sites for hydroxylation is 1. The molecule has 2 rings (SSSR count). The number of carbonyl (C=O) groups is 1. The quantitative estimate of drug-likeness (QED) is 0.206. The minimum Gasteiger partial charge on any atom is -0.350 e. The Kier molecular flexibility index (Phi) is 11.5. The number of unbranched alkanes of at least 4 members (excludes halogenated alkanes) is 2. The predicted molar refractivity (Wildman–Crippen MR) is 137 cm³/mol. The van der Waals surface area contributed by atoms with Crippen molar-refractivity contribution >= 4 is 11.5 Å². The van der Waals surface area contributed by atoms with Crippen molar-refractivity contribution in [1.29, 1.82) is 0 Å². The van der Waals surface area contributed by atoms with E-state index >= 15 is 0 Å². The maximum absolute atomic E-state index is 12.3. The van der Waals surface area contributed by atoms with Crippen molar-refractivity contribution in [3.8, 4) is 0 Å². The molecule has 0 aliphatic heterocycles. The van der Waals surface area contributed by atoms with E-state index in [1.165, 1.54) is 41.5 Å². The standard InChI is InChI=1S/C29H40N2O/c1-5-6-7-14-27(28-19-17-26(18-20-28)23(2)3)15-9-16-29(32)31-24(4)11-8-12-25-13-10-21-30-22-25/h9-10,13,15-24H,5-8,11-12,14H2,1-4H3,(H,31,32)/b16-9+,27-15+/t24-/m1/s1. The summed E-state index contributed by atoms with van der Waals surface area (Å²) in [5, 5.41) is 3.08. The number of carbonyl (C=O) groups excluding carboxylic acids is 1. The number of rotatable bonds is 13. The van der Waals surface area contributed by atoms with Crippen molar-refractivity contribution in [3.63, 3.8) is 0 Å². The lowest BCUT2D eigenvalue weighted by Gasteiger charge is -2.12. The van der Waals surface area contributed by atoms with Crippen LogP contribution >= 0.6 is 0 Å². The highest BCUT2D eigenvalue weighted by atomic mass is 16.1. The number of nitrogens with zero attached hydrogens (tertiary/aromatic N) is 1. The van der Waals surface area contributed by atoms with Crippen LogP contribution in [0.3, 0.4) is 0 Å². The number of hydrogen-bond donors (Lipinski definition) is 1. The number of pyridine rings is 1. The Labute approximate surface area is 195 Å². The molecular weight excluding hydrogens is 392 g/mol. The van der Waals surface area contributed by atoms with Crippen LogP contribution in [0.15, 0.2) is 67.0 Å². The highest BCUT2D eigenvalue weighted by molar-refractivity contribution is 5.88. The second-order valence-electron chi connectivity index (χ2n) is 8.95. The van der Waals surface area contributed by atoms with E-state index in [1.54, 1.807) is 12.3 Å². The molecule has 3 heteroatoms. The summed E-state index contributed by atoms with van der Waals surface area (Å²) in [4.78, 5) is 16.5. The van der Waals surface area contributed by atoms with Crippen molar-refractivity contribution in [2.45, 2.75) is 84.6 Å². The molecule has 3 nitrogen and oxygen atoms in total. The Balaban J connectivity index is 1.89. The highest BCUT2D eigenvalue weighted by Gasteiger charge is 2.06. The Morgan fingerprint density at radius 3 is 2.50 bits per heavy atom. The van der Waals surface area contributed by atoms with Crippen molar-refractivity contribution in [2.24, 2.45) is 0 Å². The Morgan fingerprint density at radius 2 is 1.84 bits per heavy atom. The van der Waals surface area contributed by atoms with Crippen LogP contribution in [0, 0.1) is 0 Å². The van der Waals surface area contributed by atoms with Gasteiger partial charge in [0.25, 0.3) is 0 Å². The molecule has 1 atom stereocenters. The zero-order valence-corrected chi connectivity index (χ0v) is 20.3. The van der Waals surface area contributed by atoms with E-state index in [1.807, 2.05) is 18.3 Å². The molecule has 0 spiro atoms. The zero-order chi connectivity index (χ0) is 23.2. The van der Waals surface area contributed by atoms with Crippen LogP contribution in [0.2, 0.25) is 0 Å². The van der Waals surface area contributed by atoms with Gasteiger partial charge in [-0.1, -0.05) is 76.1 Å². The van der Waals surface area contributed by atoms with E-state index in [0.717, 1.165) is 25.7 Å². The summed E-state index contributed by atoms with van der Waals surface area (Å²) in [7, 11) is 0. The van der Waals surface area contributed by atoms with Gasteiger partial charge < -0.3 is 5.32 Å². The number of hydrogen-bond acceptors (Lipinski definition) is 2. The van der Waals surface area contributed by atoms with E-state index in [9.17, 15) is 4.79 Å². The van der Waals surface area contributed by atoms with E-state index in [0.29, 0.717) is 5.92 Å². The summed E-state index contributed by atoms with van der Waals surface area (Å²) in [6.07, 6.45) is 17.0. The summed E-state index contributed by atoms with van der Waals surface area (Å²) >= 11 is 0. The Morgan fingerprint density at radius 1 is 1.06 bits per heavy atom. The van der Waals surface area contributed by atoms with Crippen molar-refractivity contribution in [3.05, 3.63) is 83.7 Å². The minimum absolute atomic E-state index is 0.0295. The maximum Gasteiger partial charge on any atom is 0.244 e. The van der Waals surface area contributed by atoms with E-state index in [-0.39, 0.29) is 11.9 Å². The first kappa shape index (κ1) is 25.6. The molecule has 0 unspecified atom stereocenters. The van der Waals surface area contributed by atoms with Gasteiger partial charge in [-0.15, -0.1) is 0 Å². The number of allylic oxidation sites excluding steroid dienone is 3. The third kappa shape index (κ3) is 9.64. The minimum atomic E-state index is -0.0295. The van der Waals surface area contributed by atoms with Gasteiger partial charge in [0, 0.05) is 24.5 Å². The van der Waals surface area contributed by atoms with Gasteiger partial charge in [-0.3, -0.25) is 9.78 Å². The van der Waals surface area contributed by atoms with Gasteiger partial charge >= 0.3 is 0 Å². The Bertz CT molecular complexity index is 850. The lowest BCUT2D eigenvalue weighted by atomic mass is 9.95. The topological polar surface area (TPSA) is 42.0 Å². The molecule has 0 saturated heterocycles. The van der Waals surface area contributed by atoms with Gasteiger partial charge in [0.1, 0.15) is 0 Å². The molecule has 1 aromatic carbocycles. The van der Waals surface area contributed by atoms with Crippen LogP contribution in [0.4, 0.5) is 0 Å². The molecule has 0 radical (unpaired) electrons. The first-order valence-corrected chi connectivity index (χ1v) is 12.2. The third-order valence-electron chi connectivity index (χ3n) is 5.76. The smallest absolute Gasteiger partial charge is 0.244 e. The molecule has 32 heavy (non-hydrogen) atoms. The van der Waals surface area contributed by atoms with Gasteiger partial charge in [0.2, 0.25) is 5.91 Å². The molecule has 0 fully saturated rings. The zero-order valence-electron chi connectivity index (χ0n) is 20.3. The molecule has 1 N–H and O–H groups in total. The van der Waals surface area contributed by atoms with Crippen LogP contribution in [0.25, 0.3) is 5.57 Å². The van der Waals surface area contributed by atoms with Gasteiger partial charge in [-0.25, -0.2) is 0 Å². The maximum atomic E-state index is 12.3. The van der Waals surface area contributed by atoms with Gasteiger partial charge in [0.05, 0.1) is 0 Å². The molecule has 0 aliphatic rings. The SMILES string of the molecule is CCCCC/C(=C\C=C\C(=O)N[C@H](C)CCCc1cccnc1)c1ccc(C(C)C)cc1. The van der Waals surface area contributed by atoms with Crippen LogP contribution in [-0.4, -0.2) is 16.9 Å². The third-order valence-corrected chi connectivity index (χ3v) is 5.76. The Hall–Kier alpha value is -2.68. The molecule has 1 amide bonds. The molecule has 0 saturated carbocycles. The molecule has 0 bridgehead atoms. The molecule has 2 aromatic rings.